The number of nitrogens with zero attached hydrogens (tertiary/aromatic N) is 2. The maximum absolute atomic E-state index is 12.0. The van der Waals surface area contributed by atoms with Gasteiger partial charge in [-0.25, -0.2) is 9.97 Å². The highest BCUT2D eigenvalue weighted by Gasteiger charge is 2.48. The molecular formula is C20H21N4O5S-. The van der Waals surface area contributed by atoms with E-state index in [1.54, 1.807) is 6.20 Å². The quantitative estimate of drug-likeness (QED) is 0.581. The van der Waals surface area contributed by atoms with Crippen molar-refractivity contribution in [1.82, 2.24) is 15.3 Å². The molecule has 0 radical (unpaired) electrons. The van der Waals surface area contributed by atoms with Crippen LogP contribution in [-0.4, -0.2) is 70.9 Å². The third-order valence-corrected chi connectivity index (χ3v) is 5.80. The molecule has 4 atom stereocenters. The molecule has 0 spiro atoms. The number of hydrogen-bond donors (Lipinski definition) is 2. The molecule has 2 aromatic rings. The number of rotatable bonds is 8. The molecule has 1 aromatic carbocycles. The summed E-state index contributed by atoms with van der Waals surface area (Å²) in [5.41, 5.74) is 1.81. The highest BCUT2D eigenvalue weighted by Crippen LogP contribution is 2.29. The van der Waals surface area contributed by atoms with E-state index in [1.165, 1.54) is 0 Å². The van der Waals surface area contributed by atoms with Gasteiger partial charge < -0.3 is 30.0 Å². The monoisotopic (exact) mass is 429 g/mol. The van der Waals surface area contributed by atoms with Gasteiger partial charge in [0.2, 0.25) is 11.9 Å². The molecule has 9 nitrogen and oxygen atoms in total. The fourth-order valence-corrected chi connectivity index (χ4v) is 4.12. The van der Waals surface area contributed by atoms with Gasteiger partial charge in [0.25, 0.3) is 0 Å². The molecule has 0 bridgehead atoms. The fourth-order valence-electron chi connectivity index (χ4n) is 3.59. The lowest BCUT2D eigenvalue weighted by atomic mass is 10.1. The van der Waals surface area contributed by atoms with Crippen LogP contribution in [0.4, 0.5) is 5.95 Å². The first-order chi connectivity index (χ1) is 14.6. The Morgan fingerprint density at radius 3 is 2.57 bits per heavy atom. The molecule has 0 unspecified atom stereocenters. The maximum atomic E-state index is 12.0. The molecule has 1 amide bonds. The number of aromatic nitrogens is 2. The van der Waals surface area contributed by atoms with Gasteiger partial charge in [-0.2, -0.15) is 0 Å². The van der Waals surface area contributed by atoms with Gasteiger partial charge in [-0.3, -0.25) is 4.79 Å². The third kappa shape index (κ3) is 4.89. The number of carboxylic acid groups (broad SMARTS) is 1. The predicted octanol–water partition coefficient (Wildman–Crippen LogP) is -0.310. The smallest absolute Gasteiger partial charge is 0.230 e. The van der Waals surface area contributed by atoms with E-state index in [2.05, 4.69) is 20.6 Å². The molecule has 10 heteroatoms. The van der Waals surface area contributed by atoms with E-state index in [1.807, 2.05) is 36.4 Å². The molecule has 3 heterocycles. The van der Waals surface area contributed by atoms with Crippen LogP contribution in [-0.2, 0) is 19.1 Å². The molecule has 0 aliphatic carbocycles. The van der Waals surface area contributed by atoms with Gasteiger partial charge in [-0.05, 0) is 6.07 Å². The molecule has 2 fully saturated rings. The van der Waals surface area contributed by atoms with Gasteiger partial charge in [0.05, 0.1) is 42.7 Å². The van der Waals surface area contributed by atoms with Crippen molar-refractivity contribution in [3.05, 3.63) is 42.6 Å². The second-order valence-corrected chi connectivity index (χ2v) is 8.00. The second-order valence-electron chi connectivity index (χ2n) is 7.02. The normalized spacial score (nSPS) is 24.9. The number of carboxylic acids is 1. The summed E-state index contributed by atoms with van der Waals surface area (Å²) >= 11 is 0.995. The first-order valence-corrected chi connectivity index (χ1v) is 10.7. The van der Waals surface area contributed by atoms with E-state index in [0.29, 0.717) is 19.2 Å². The van der Waals surface area contributed by atoms with Crippen LogP contribution < -0.4 is 15.7 Å². The summed E-state index contributed by atoms with van der Waals surface area (Å²) in [5.74, 6) is -1.13. The van der Waals surface area contributed by atoms with Crippen LogP contribution in [0.1, 0.15) is 0 Å². The van der Waals surface area contributed by atoms with E-state index in [-0.39, 0.29) is 41.7 Å². The maximum Gasteiger partial charge on any atom is 0.230 e. The molecule has 1 aromatic heterocycles. The Morgan fingerprint density at radius 2 is 1.80 bits per heavy atom. The molecule has 2 aliphatic heterocycles. The van der Waals surface area contributed by atoms with E-state index in [9.17, 15) is 14.7 Å². The van der Waals surface area contributed by atoms with Crippen LogP contribution >= 0.6 is 11.8 Å². The number of hydrogen-bond acceptors (Lipinski definition) is 9. The number of aliphatic carboxylic acids is 1. The average Bonchev–Trinajstić information content (AvgIpc) is 3.32. The van der Waals surface area contributed by atoms with Crippen molar-refractivity contribution in [1.29, 1.82) is 0 Å². The minimum atomic E-state index is -1.19. The Balaban J connectivity index is 1.33. The van der Waals surface area contributed by atoms with Crippen molar-refractivity contribution < 1.29 is 24.2 Å². The SMILES string of the molecule is O=C([O-])CSCC(=O)N[C@H]1CO[C@H]2[C@@H]1OC[C@@H]2Nc1nccc(-c2ccccc2)n1. The summed E-state index contributed by atoms with van der Waals surface area (Å²) in [6.45, 7) is 0.732. The van der Waals surface area contributed by atoms with E-state index in [4.69, 9.17) is 9.47 Å². The summed E-state index contributed by atoms with van der Waals surface area (Å²) < 4.78 is 11.7. The summed E-state index contributed by atoms with van der Waals surface area (Å²) in [6.07, 6.45) is 1.18. The first-order valence-electron chi connectivity index (χ1n) is 9.55. The number of carbonyl (C=O) groups is 2. The third-order valence-electron chi connectivity index (χ3n) is 4.89. The lowest BCUT2D eigenvalue weighted by Gasteiger charge is -2.18. The Hall–Kier alpha value is -2.69. The van der Waals surface area contributed by atoms with Crippen LogP contribution in [0.15, 0.2) is 42.6 Å². The summed E-state index contributed by atoms with van der Waals surface area (Å²) in [6, 6.07) is 11.3. The van der Waals surface area contributed by atoms with Gasteiger partial charge in [-0.15, -0.1) is 11.8 Å². The molecular weight excluding hydrogens is 408 g/mol. The van der Waals surface area contributed by atoms with E-state index in [0.717, 1.165) is 23.0 Å². The van der Waals surface area contributed by atoms with Crippen LogP contribution in [0, 0.1) is 0 Å². The average molecular weight is 429 g/mol. The van der Waals surface area contributed by atoms with Gasteiger partial charge in [-0.1, -0.05) is 30.3 Å². The molecule has 2 N–H and O–H groups in total. The predicted molar refractivity (Wildman–Crippen MR) is 109 cm³/mol. The number of benzene rings is 1. The lowest BCUT2D eigenvalue weighted by molar-refractivity contribution is -0.301. The molecule has 2 aliphatic rings. The highest BCUT2D eigenvalue weighted by molar-refractivity contribution is 8.00. The largest absolute Gasteiger partial charge is 0.549 e. The number of thioether (sulfide) groups is 1. The van der Waals surface area contributed by atoms with Gasteiger partial charge in [0.15, 0.2) is 0 Å². The van der Waals surface area contributed by atoms with Crippen LogP contribution in [0.2, 0.25) is 0 Å². The van der Waals surface area contributed by atoms with E-state index < -0.39 is 5.97 Å². The first kappa shape index (κ1) is 20.6. The van der Waals surface area contributed by atoms with Gasteiger partial charge in [0.1, 0.15) is 12.2 Å². The van der Waals surface area contributed by atoms with Gasteiger partial charge >= 0.3 is 0 Å². The second kappa shape index (κ2) is 9.41. The van der Waals surface area contributed by atoms with Crippen LogP contribution in [0.25, 0.3) is 11.3 Å². The van der Waals surface area contributed by atoms with Crippen LogP contribution in [0.3, 0.4) is 0 Å². The standard InChI is InChI=1S/C20H22N4O5S/c25-16(10-30-11-17(26)27)22-14-8-28-19-15(9-29-18(14)19)24-20-21-7-6-13(23-20)12-4-2-1-3-5-12/h1-7,14-15,18-19H,8-11H2,(H,22,25)(H,26,27)(H,21,23,24)/p-1/t14-,15-,18+,19+/m0/s1. The number of nitrogens with one attached hydrogen (secondary N) is 2. The van der Waals surface area contributed by atoms with E-state index >= 15 is 0 Å². The zero-order valence-corrected chi connectivity index (χ0v) is 16.8. The zero-order chi connectivity index (χ0) is 20.9. The molecule has 158 valence electrons. The van der Waals surface area contributed by atoms with Crippen molar-refractivity contribution in [2.24, 2.45) is 0 Å². The molecule has 0 saturated carbocycles. The molecule has 30 heavy (non-hydrogen) atoms. The van der Waals surface area contributed by atoms with Crippen molar-refractivity contribution >= 4 is 29.6 Å². The lowest BCUT2D eigenvalue weighted by Crippen LogP contribution is -2.45. The zero-order valence-electron chi connectivity index (χ0n) is 16.0. The minimum absolute atomic E-state index is 0.0453. The topological polar surface area (TPSA) is 126 Å². The number of amides is 1. The number of ether oxygens (including phenoxy) is 2. The minimum Gasteiger partial charge on any atom is -0.549 e. The Labute approximate surface area is 177 Å². The van der Waals surface area contributed by atoms with Crippen molar-refractivity contribution in [2.75, 3.05) is 30.0 Å². The summed E-state index contributed by atoms with van der Waals surface area (Å²) in [5, 5.41) is 16.6. The van der Waals surface area contributed by atoms with Crippen LogP contribution in [0.5, 0.6) is 0 Å². The Bertz CT molecular complexity index is 900. The fraction of sp³-hybridized carbons (Fsp3) is 0.400. The Morgan fingerprint density at radius 1 is 1.07 bits per heavy atom. The molecule has 2 saturated heterocycles. The summed E-state index contributed by atoms with van der Waals surface area (Å²) in [7, 11) is 0. The number of carbonyl (C=O) groups excluding carboxylic acids is 2. The van der Waals surface area contributed by atoms with Crippen molar-refractivity contribution in [3.63, 3.8) is 0 Å². The summed E-state index contributed by atoms with van der Waals surface area (Å²) in [4.78, 5) is 31.3. The van der Waals surface area contributed by atoms with Gasteiger partial charge in [0, 0.05) is 17.5 Å². The number of anilines is 1. The molecule has 4 rings (SSSR count). The highest BCUT2D eigenvalue weighted by atomic mass is 32.2. The van der Waals surface area contributed by atoms with Crippen molar-refractivity contribution in [2.45, 2.75) is 24.3 Å². The Kier molecular flexibility index (Phi) is 6.46. The number of fused-ring (bicyclic) bond motifs is 1. The van der Waals surface area contributed by atoms with Crippen molar-refractivity contribution in [3.8, 4) is 11.3 Å².